The number of nitrogens with zero attached hydrogens (tertiary/aromatic N) is 3. The maximum Gasteiger partial charge on any atom is 0.340 e. The summed E-state index contributed by atoms with van der Waals surface area (Å²) in [6.07, 6.45) is 1.72. The maximum atomic E-state index is 12.3. The lowest BCUT2D eigenvalue weighted by molar-refractivity contribution is -0.120. The Morgan fingerprint density at radius 1 is 1.12 bits per heavy atom. The molecular weight excluding hydrogens is 428 g/mol. The lowest BCUT2D eigenvalue weighted by Crippen LogP contribution is -2.36. The zero-order valence-electron chi connectivity index (χ0n) is 17.5. The van der Waals surface area contributed by atoms with Gasteiger partial charge in [0.2, 0.25) is 5.91 Å². The molecule has 1 fully saturated rings. The zero-order valence-corrected chi connectivity index (χ0v) is 18.3. The van der Waals surface area contributed by atoms with Gasteiger partial charge < -0.3 is 19.7 Å². The van der Waals surface area contributed by atoms with E-state index < -0.39 is 5.97 Å². The SMILES string of the molecule is O=C(Cc1nc(COC(=O)c2ccc(N3CCOCC3)nc2)cs1)NCc1ccccc1. The minimum atomic E-state index is -0.457. The molecule has 166 valence electrons. The Balaban J connectivity index is 1.23. The number of aromatic nitrogens is 2. The van der Waals surface area contributed by atoms with Crippen LogP contribution in [0.4, 0.5) is 5.82 Å². The molecule has 4 rings (SSSR count). The van der Waals surface area contributed by atoms with Crippen LogP contribution in [-0.4, -0.2) is 48.1 Å². The van der Waals surface area contributed by atoms with E-state index in [9.17, 15) is 9.59 Å². The van der Waals surface area contributed by atoms with Gasteiger partial charge in [-0.2, -0.15) is 0 Å². The molecule has 0 radical (unpaired) electrons. The minimum absolute atomic E-state index is 0.0478. The smallest absolute Gasteiger partial charge is 0.340 e. The fourth-order valence-electron chi connectivity index (χ4n) is 3.20. The van der Waals surface area contributed by atoms with Gasteiger partial charge in [0, 0.05) is 31.2 Å². The van der Waals surface area contributed by atoms with Gasteiger partial charge >= 0.3 is 5.97 Å². The highest BCUT2D eigenvalue weighted by Gasteiger charge is 2.15. The first-order valence-corrected chi connectivity index (χ1v) is 11.2. The molecule has 0 bridgehead atoms. The monoisotopic (exact) mass is 452 g/mol. The molecule has 1 aliphatic rings. The van der Waals surface area contributed by atoms with Crippen LogP contribution in [0.2, 0.25) is 0 Å². The Labute approximate surface area is 190 Å². The van der Waals surface area contributed by atoms with Gasteiger partial charge in [-0.1, -0.05) is 30.3 Å². The predicted octanol–water partition coefficient (Wildman–Crippen LogP) is 2.59. The zero-order chi connectivity index (χ0) is 22.2. The lowest BCUT2D eigenvalue weighted by atomic mass is 10.2. The number of carbonyl (C=O) groups is 2. The first-order chi connectivity index (χ1) is 15.7. The van der Waals surface area contributed by atoms with Gasteiger partial charge in [0.15, 0.2) is 0 Å². The summed E-state index contributed by atoms with van der Waals surface area (Å²) in [5.74, 6) is 0.263. The fourth-order valence-corrected chi connectivity index (χ4v) is 3.98. The Kier molecular flexibility index (Phi) is 7.42. The largest absolute Gasteiger partial charge is 0.456 e. The molecule has 0 atom stereocenters. The van der Waals surface area contributed by atoms with Crippen molar-refractivity contribution in [2.24, 2.45) is 0 Å². The summed E-state index contributed by atoms with van der Waals surface area (Å²) in [7, 11) is 0. The van der Waals surface area contributed by atoms with Gasteiger partial charge in [-0.25, -0.2) is 14.8 Å². The highest BCUT2D eigenvalue weighted by atomic mass is 32.1. The number of pyridine rings is 1. The van der Waals surface area contributed by atoms with Crippen molar-refractivity contribution >= 4 is 29.0 Å². The molecule has 1 aliphatic heterocycles. The average Bonchev–Trinajstić information content (AvgIpc) is 3.29. The van der Waals surface area contributed by atoms with Crippen molar-refractivity contribution in [3.05, 3.63) is 75.9 Å². The first kappa shape index (κ1) is 21.9. The highest BCUT2D eigenvalue weighted by Crippen LogP contribution is 2.15. The van der Waals surface area contributed by atoms with Crippen LogP contribution in [0.3, 0.4) is 0 Å². The van der Waals surface area contributed by atoms with E-state index in [1.54, 1.807) is 11.4 Å². The van der Waals surface area contributed by atoms with Crippen molar-refractivity contribution in [1.82, 2.24) is 15.3 Å². The molecule has 8 nitrogen and oxygen atoms in total. The van der Waals surface area contributed by atoms with E-state index in [0.29, 0.717) is 36.0 Å². The molecule has 3 heterocycles. The van der Waals surface area contributed by atoms with E-state index in [4.69, 9.17) is 9.47 Å². The molecule has 0 saturated carbocycles. The standard InChI is InChI=1S/C23H24N4O4S/c28-21(25-13-17-4-2-1-3-5-17)12-22-26-19(16-32-22)15-31-23(29)18-6-7-20(24-14-18)27-8-10-30-11-9-27/h1-7,14,16H,8-13,15H2,(H,25,28). The Hall–Kier alpha value is -3.30. The van der Waals surface area contributed by atoms with Gasteiger partial charge in [-0.15, -0.1) is 11.3 Å². The van der Waals surface area contributed by atoms with Crippen LogP contribution in [0.1, 0.15) is 26.6 Å². The predicted molar refractivity (Wildman–Crippen MR) is 120 cm³/mol. The van der Waals surface area contributed by atoms with Gasteiger partial charge in [0.1, 0.15) is 17.4 Å². The topological polar surface area (TPSA) is 93.7 Å². The molecule has 1 N–H and O–H groups in total. The number of anilines is 1. The molecule has 2 aromatic heterocycles. The minimum Gasteiger partial charge on any atom is -0.456 e. The number of carbonyl (C=O) groups excluding carboxylic acids is 2. The molecule has 9 heteroatoms. The van der Waals surface area contributed by atoms with Crippen LogP contribution in [0, 0.1) is 0 Å². The van der Waals surface area contributed by atoms with E-state index in [2.05, 4.69) is 20.2 Å². The number of hydrogen-bond donors (Lipinski definition) is 1. The van der Waals surface area contributed by atoms with Crippen LogP contribution in [0.15, 0.2) is 54.0 Å². The molecule has 0 unspecified atom stereocenters. The molecule has 0 spiro atoms. The second-order valence-electron chi connectivity index (χ2n) is 7.25. The third-order valence-corrected chi connectivity index (χ3v) is 5.81. The van der Waals surface area contributed by atoms with Crippen LogP contribution in [-0.2, 0) is 33.8 Å². The van der Waals surface area contributed by atoms with Crippen LogP contribution < -0.4 is 10.2 Å². The first-order valence-electron chi connectivity index (χ1n) is 10.4. The van der Waals surface area contributed by atoms with Crippen molar-refractivity contribution < 1.29 is 19.1 Å². The van der Waals surface area contributed by atoms with E-state index >= 15 is 0 Å². The fraction of sp³-hybridized carbons (Fsp3) is 0.304. The summed E-state index contributed by atoms with van der Waals surface area (Å²) in [6.45, 7) is 3.45. The number of hydrogen-bond acceptors (Lipinski definition) is 8. The second-order valence-corrected chi connectivity index (χ2v) is 8.19. The van der Waals surface area contributed by atoms with Crippen LogP contribution in [0.5, 0.6) is 0 Å². The van der Waals surface area contributed by atoms with Crippen molar-refractivity contribution in [3.8, 4) is 0 Å². The van der Waals surface area contributed by atoms with Crippen LogP contribution >= 0.6 is 11.3 Å². The van der Waals surface area contributed by atoms with Gasteiger partial charge in [0.05, 0.1) is 30.9 Å². The van der Waals surface area contributed by atoms with Gasteiger partial charge in [-0.05, 0) is 17.7 Å². The molecule has 1 aromatic carbocycles. The molecule has 1 saturated heterocycles. The van der Waals surface area contributed by atoms with Crippen molar-refractivity contribution in [2.75, 3.05) is 31.2 Å². The number of benzene rings is 1. The van der Waals surface area contributed by atoms with Crippen molar-refractivity contribution in [1.29, 1.82) is 0 Å². The summed E-state index contributed by atoms with van der Waals surface area (Å²) < 4.78 is 10.7. The van der Waals surface area contributed by atoms with E-state index in [0.717, 1.165) is 24.5 Å². The van der Waals surface area contributed by atoms with E-state index in [1.807, 2.05) is 36.4 Å². The number of thiazole rings is 1. The number of rotatable bonds is 8. The Morgan fingerprint density at radius 3 is 2.69 bits per heavy atom. The van der Waals surface area contributed by atoms with Gasteiger partial charge in [0.25, 0.3) is 0 Å². The van der Waals surface area contributed by atoms with Gasteiger partial charge in [-0.3, -0.25) is 4.79 Å². The number of morpholine rings is 1. The number of ether oxygens (including phenoxy) is 2. The van der Waals surface area contributed by atoms with E-state index in [1.165, 1.54) is 17.5 Å². The summed E-state index contributed by atoms with van der Waals surface area (Å²) in [5.41, 5.74) is 2.05. The quantitative estimate of drug-likeness (QED) is 0.525. The summed E-state index contributed by atoms with van der Waals surface area (Å²) in [6, 6.07) is 13.3. The van der Waals surface area contributed by atoms with Crippen LogP contribution in [0.25, 0.3) is 0 Å². The normalized spacial score (nSPS) is 13.6. The maximum absolute atomic E-state index is 12.3. The molecular formula is C23H24N4O4S. The molecule has 32 heavy (non-hydrogen) atoms. The van der Waals surface area contributed by atoms with E-state index in [-0.39, 0.29) is 18.9 Å². The molecule has 0 aliphatic carbocycles. The summed E-state index contributed by atoms with van der Waals surface area (Å²) in [5, 5.41) is 5.36. The Morgan fingerprint density at radius 2 is 1.94 bits per heavy atom. The number of esters is 1. The average molecular weight is 453 g/mol. The summed E-state index contributed by atoms with van der Waals surface area (Å²) >= 11 is 1.37. The third kappa shape index (κ3) is 6.12. The summed E-state index contributed by atoms with van der Waals surface area (Å²) in [4.78, 5) is 35.3. The second kappa shape index (κ2) is 10.8. The number of nitrogens with one attached hydrogen (secondary N) is 1. The third-order valence-electron chi connectivity index (χ3n) is 4.91. The van der Waals surface area contributed by atoms with Crippen molar-refractivity contribution in [2.45, 2.75) is 19.6 Å². The Bertz CT molecular complexity index is 1030. The highest BCUT2D eigenvalue weighted by molar-refractivity contribution is 7.09. The number of amides is 1. The molecule has 1 amide bonds. The molecule has 3 aromatic rings. The van der Waals surface area contributed by atoms with Crippen molar-refractivity contribution in [3.63, 3.8) is 0 Å². The lowest BCUT2D eigenvalue weighted by Gasteiger charge is -2.27.